The number of hydrogen-bond acceptors (Lipinski definition) is 3. The van der Waals surface area contributed by atoms with Gasteiger partial charge in [-0.15, -0.1) is 0 Å². The number of rotatable bonds is 3. The largest absolute Gasteiger partial charge is 0.396 e. The molecule has 0 aliphatic heterocycles. The van der Waals surface area contributed by atoms with Gasteiger partial charge in [-0.25, -0.2) is 0 Å². The van der Waals surface area contributed by atoms with E-state index < -0.39 is 5.41 Å². The zero-order valence-corrected chi connectivity index (χ0v) is 6.96. The monoisotopic (exact) mass is 150 g/mol. The number of aliphatic hydroxyl groups excluding tert-OH is 3. The molecule has 0 unspecified atom stereocenters. The van der Waals surface area contributed by atoms with Gasteiger partial charge >= 0.3 is 0 Å². The standard InChI is InChI=1S/C5H12O3.C2H6/c1-5(2-6,3-7)4-8;1-2/h6-8H,2-4H2,1H3;1-2H3. The molecule has 0 aliphatic rings. The highest BCUT2D eigenvalue weighted by atomic mass is 16.3. The van der Waals surface area contributed by atoms with Crippen molar-refractivity contribution in [3.8, 4) is 0 Å². The van der Waals surface area contributed by atoms with Crippen molar-refractivity contribution >= 4 is 0 Å². The van der Waals surface area contributed by atoms with Crippen molar-refractivity contribution in [3.63, 3.8) is 0 Å². The second kappa shape index (κ2) is 6.99. The van der Waals surface area contributed by atoms with E-state index in [1.165, 1.54) is 0 Å². The zero-order valence-electron chi connectivity index (χ0n) is 6.96. The van der Waals surface area contributed by atoms with E-state index in [1.54, 1.807) is 6.92 Å². The van der Waals surface area contributed by atoms with E-state index in [4.69, 9.17) is 15.3 Å². The highest BCUT2D eigenvalue weighted by Crippen LogP contribution is 2.10. The zero-order chi connectivity index (χ0) is 8.62. The minimum atomic E-state index is -0.708. The van der Waals surface area contributed by atoms with Crippen LogP contribution >= 0.6 is 0 Å². The SMILES string of the molecule is CC.CC(CO)(CO)CO. The van der Waals surface area contributed by atoms with E-state index in [1.807, 2.05) is 13.8 Å². The van der Waals surface area contributed by atoms with Crippen LogP contribution in [0, 0.1) is 5.41 Å². The van der Waals surface area contributed by atoms with Gasteiger partial charge in [0.15, 0.2) is 0 Å². The fraction of sp³-hybridized carbons (Fsp3) is 1.00. The highest BCUT2D eigenvalue weighted by Gasteiger charge is 2.20. The number of aliphatic hydroxyl groups is 3. The lowest BCUT2D eigenvalue weighted by molar-refractivity contribution is 0.0200. The van der Waals surface area contributed by atoms with Gasteiger partial charge in [-0.2, -0.15) is 0 Å². The van der Waals surface area contributed by atoms with Crippen molar-refractivity contribution in [1.29, 1.82) is 0 Å². The van der Waals surface area contributed by atoms with E-state index in [0.717, 1.165) is 0 Å². The molecule has 0 atom stereocenters. The second-order valence-corrected chi connectivity index (χ2v) is 2.29. The average Bonchev–Trinajstić information content (AvgIpc) is 2.07. The van der Waals surface area contributed by atoms with Crippen LogP contribution in [0.2, 0.25) is 0 Å². The maximum Gasteiger partial charge on any atom is 0.0528 e. The van der Waals surface area contributed by atoms with E-state index in [9.17, 15) is 0 Å². The third-order valence-corrected chi connectivity index (χ3v) is 1.15. The van der Waals surface area contributed by atoms with Crippen LogP contribution in [0.15, 0.2) is 0 Å². The molecule has 3 heteroatoms. The van der Waals surface area contributed by atoms with E-state index >= 15 is 0 Å². The molecule has 0 aromatic heterocycles. The summed E-state index contributed by atoms with van der Waals surface area (Å²) in [6.07, 6.45) is 0. The summed E-state index contributed by atoms with van der Waals surface area (Å²) >= 11 is 0. The molecule has 0 spiro atoms. The van der Waals surface area contributed by atoms with E-state index in [-0.39, 0.29) is 19.8 Å². The third-order valence-electron chi connectivity index (χ3n) is 1.15. The van der Waals surface area contributed by atoms with Crippen LogP contribution in [0.1, 0.15) is 20.8 Å². The van der Waals surface area contributed by atoms with Gasteiger partial charge in [0.2, 0.25) is 0 Å². The molecule has 64 valence electrons. The van der Waals surface area contributed by atoms with E-state index in [2.05, 4.69) is 0 Å². The van der Waals surface area contributed by atoms with Crippen molar-refractivity contribution in [1.82, 2.24) is 0 Å². The summed E-state index contributed by atoms with van der Waals surface area (Å²) < 4.78 is 0. The molecule has 0 amide bonds. The van der Waals surface area contributed by atoms with Crippen LogP contribution in [0.5, 0.6) is 0 Å². The van der Waals surface area contributed by atoms with Crippen molar-refractivity contribution < 1.29 is 15.3 Å². The quantitative estimate of drug-likeness (QED) is 0.530. The van der Waals surface area contributed by atoms with Crippen LogP contribution in [0.3, 0.4) is 0 Å². The Morgan fingerprint density at radius 2 is 1.10 bits per heavy atom. The minimum absolute atomic E-state index is 0.181. The van der Waals surface area contributed by atoms with Crippen molar-refractivity contribution in [3.05, 3.63) is 0 Å². The Morgan fingerprint density at radius 1 is 0.900 bits per heavy atom. The lowest BCUT2D eigenvalue weighted by atomic mass is 9.95. The summed E-state index contributed by atoms with van der Waals surface area (Å²) in [4.78, 5) is 0. The summed E-state index contributed by atoms with van der Waals surface area (Å²) in [7, 11) is 0. The molecule has 3 N–H and O–H groups in total. The molecule has 10 heavy (non-hydrogen) atoms. The molecule has 0 aromatic carbocycles. The Labute approximate surface area is 62.3 Å². The highest BCUT2D eigenvalue weighted by molar-refractivity contribution is 4.69. The Balaban J connectivity index is 0. The van der Waals surface area contributed by atoms with Crippen LogP contribution in [0.4, 0.5) is 0 Å². The smallest absolute Gasteiger partial charge is 0.0528 e. The minimum Gasteiger partial charge on any atom is -0.396 e. The molecular formula is C7H18O3. The van der Waals surface area contributed by atoms with E-state index in [0.29, 0.717) is 0 Å². The topological polar surface area (TPSA) is 60.7 Å². The maximum absolute atomic E-state index is 8.47. The molecule has 0 rings (SSSR count). The lowest BCUT2D eigenvalue weighted by Crippen LogP contribution is -2.29. The van der Waals surface area contributed by atoms with Gasteiger partial charge in [-0.1, -0.05) is 20.8 Å². The molecule has 0 aromatic rings. The van der Waals surface area contributed by atoms with Crippen LogP contribution in [-0.4, -0.2) is 35.1 Å². The molecule has 0 bridgehead atoms. The second-order valence-electron chi connectivity index (χ2n) is 2.29. The maximum atomic E-state index is 8.47. The first kappa shape index (κ1) is 12.5. The predicted molar refractivity (Wildman–Crippen MR) is 40.7 cm³/mol. The first-order valence-corrected chi connectivity index (χ1v) is 3.51. The van der Waals surface area contributed by atoms with Crippen LogP contribution in [-0.2, 0) is 0 Å². The van der Waals surface area contributed by atoms with Gasteiger partial charge in [0, 0.05) is 5.41 Å². The summed E-state index contributed by atoms with van der Waals surface area (Å²) in [5.41, 5.74) is -0.708. The molecule has 0 saturated carbocycles. The third kappa shape index (κ3) is 4.73. The summed E-state index contributed by atoms with van der Waals surface area (Å²) in [6, 6.07) is 0. The fourth-order valence-electron chi connectivity index (χ4n) is 0.150. The van der Waals surface area contributed by atoms with Gasteiger partial charge in [0.25, 0.3) is 0 Å². The predicted octanol–water partition coefficient (Wildman–Crippen LogP) is -0.00420. The Bertz CT molecular complexity index is 51.6. The van der Waals surface area contributed by atoms with Crippen LogP contribution < -0.4 is 0 Å². The van der Waals surface area contributed by atoms with Gasteiger partial charge in [-0.3, -0.25) is 0 Å². The van der Waals surface area contributed by atoms with Crippen molar-refractivity contribution in [2.24, 2.45) is 5.41 Å². The average molecular weight is 150 g/mol. The van der Waals surface area contributed by atoms with Gasteiger partial charge in [-0.05, 0) is 0 Å². The summed E-state index contributed by atoms with van der Waals surface area (Å²) in [5.74, 6) is 0. The molecule has 0 fully saturated rings. The molecule has 3 nitrogen and oxygen atoms in total. The van der Waals surface area contributed by atoms with Gasteiger partial charge in [0.05, 0.1) is 19.8 Å². The molecule has 0 aliphatic carbocycles. The van der Waals surface area contributed by atoms with Crippen LogP contribution in [0.25, 0.3) is 0 Å². The Hall–Kier alpha value is -0.120. The Morgan fingerprint density at radius 3 is 1.10 bits per heavy atom. The summed E-state index contributed by atoms with van der Waals surface area (Å²) in [5, 5.41) is 25.4. The van der Waals surface area contributed by atoms with Gasteiger partial charge < -0.3 is 15.3 Å². The summed E-state index contributed by atoms with van der Waals surface area (Å²) in [6.45, 7) is 5.06. The van der Waals surface area contributed by atoms with Gasteiger partial charge in [0.1, 0.15) is 0 Å². The molecule has 0 radical (unpaired) electrons. The van der Waals surface area contributed by atoms with Crippen molar-refractivity contribution in [2.75, 3.05) is 19.8 Å². The fourth-order valence-corrected chi connectivity index (χ4v) is 0.150. The molecule has 0 heterocycles. The molecular weight excluding hydrogens is 132 g/mol. The Kier molecular flexibility index (Phi) is 8.77. The normalized spacial score (nSPS) is 10.2. The first-order valence-electron chi connectivity index (χ1n) is 3.51. The van der Waals surface area contributed by atoms with Crippen molar-refractivity contribution in [2.45, 2.75) is 20.8 Å². The molecule has 0 saturated heterocycles. The lowest BCUT2D eigenvalue weighted by Gasteiger charge is -2.20. The number of hydrogen-bond donors (Lipinski definition) is 3. The first-order chi connectivity index (χ1) is 4.68.